The summed E-state index contributed by atoms with van der Waals surface area (Å²) in [5.41, 5.74) is 2.02. The van der Waals surface area contributed by atoms with Crippen LogP contribution in [-0.4, -0.2) is 87.4 Å². The topological polar surface area (TPSA) is 295 Å². The van der Waals surface area contributed by atoms with Crippen LogP contribution in [0.3, 0.4) is 0 Å². The quantitative estimate of drug-likeness (QED) is 0.0688. The highest BCUT2D eigenvalue weighted by atomic mass is 32.2. The number of piperidine rings is 1. The Balaban J connectivity index is 0.000000173. The molecule has 70 heavy (non-hydrogen) atoms. The highest BCUT2D eigenvalue weighted by Crippen LogP contribution is 2.38. The number of nitrogens with zero attached hydrogens (tertiary/aromatic N) is 4. The summed E-state index contributed by atoms with van der Waals surface area (Å²) in [6.07, 6.45) is 8.34. The van der Waals surface area contributed by atoms with E-state index in [2.05, 4.69) is 40.3 Å². The molecule has 3 aliphatic rings. The Bertz CT molecular complexity index is 3190. The molecule has 1 saturated heterocycles. The third-order valence-corrected chi connectivity index (χ3v) is 18.5. The SMILES string of the molecule is CC(=O)Nc1nc(C)c(-c2ccc(S(=O)(=O)N3CCCCC3)o2)s1.CC(=O)Nc1nc(C)c(-c2ccc(S(=O)(=O)NC3CC3)o2)s1.CC(=O)Nc1nc(C)c(-c2ccc(S(=O)(=O)NC3CCCC3)o2)s1.[HH]. The lowest BCUT2D eigenvalue weighted by molar-refractivity contribution is -0.115. The second-order valence-electron chi connectivity index (χ2n) is 16.7. The van der Waals surface area contributed by atoms with Gasteiger partial charge in [0.2, 0.25) is 33.0 Å². The summed E-state index contributed by atoms with van der Waals surface area (Å²) >= 11 is 3.74. The Morgan fingerprint density at radius 1 is 0.529 bits per heavy atom. The van der Waals surface area contributed by atoms with Gasteiger partial charge >= 0.3 is 0 Å². The Kier molecular flexibility index (Phi) is 16.6. The van der Waals surface area contributed by atoms with E-state index < -0.39 is 30.1 Å². The maximum atomic E-state index is 12.6. The molecule has 1 aliphatic heterocycles. The predicted molar refractivity (Wildman–Crippen MR) is 267 cm³/mol. The van der Waals surface area contributed by atoms with Gasteiger partial charge < -0.3 is 29.2 Å². The van der Waals surface area contributed by atoms with Crippen molar-refractivity contribution in [2.24, 2.45) is 0 Å². The maximum absolute atomic E-state index is 12.6. The van der Waals surface area contributed by atoms with E-state index in [0.717, 1.165) is 57.8 Å². The minimum absolute atomic E-state index is 0. The third kappa shape index (κ3) is 13.4. The normalized spacial score (nSPS) is 15.7. The van der Waals surface area contributed by atoms with E-state index in [4.69, 9.17) is 13.3 Å². The van der Waals surface area contributed by atoms with Crippen LogP contribution >= 0.6 is 34.0 Å². The molecule has 0 radical (unpaired) electrons. The number of hydrogen-bond donors (Lipinski definition) is 5. The first-order valence-corrected chi connectivity index (χ1v) is 29.0. The predicted octanol–water partition coefficient (Wildman–Crippen LogP) is 8.09. The van der Waals surface area contributed by atoms with Gasteiger partial charge in [-0.2, -0.15) is 4.31 Å². The molecule has 0 bridgehead atoms. The molecule has 0 unspecified atom stereocenters. The van der Waals surface area contributed by atoms with E-state index in [1.807, 2.05) is 0 Å². The average molecular weight is 1080 g/mol. The summed E-state index contributed by atoms with van der Waals surface area (Å²) in [5, 5.41) is 8.97. The molecule has 0 atom stereocenters. The van der Waals surface area contributed by atoms with Crippen molar-refractivity contribution in [1.29, 1.82) is 0 Å². The fourth-order valence-electron chi connectivity index (χ4n) is 7.27. The van der Waals surface area contributed by atoms with Gasteiger partial charge in [-0.3, -0.25) is 14.4 Å². The molecule has 6 aromatic heterocycles. The lowest BCUT2D eigenvalue weighted by Gasteiger charge is -2.24. The van der Waals surface area contributed by atoms with Crippen LogP contribution in [0, 0.1) is 20.8 Å². The minimum atomic E-state index is -3.66. The molecule has 9 rings (SSSR count). The van der Waals surface area contributed by atoms with Crippen LogP contribution in [0.5, 0.6) is 0 Å². The van der Waals surface area contributed by atoms with Crippen molar-refractivity contribution in [3.8, 4) is 31.9 Å². The van der Waals surface area contributed by atoms with Crippen LogP contribution in [0.25, 0.3) is 31.9 Å². The highest BCUT2D eigenvalue weighted by Gasteiger charge is 2.32. The first-order chi connectivity index (χ1) is 33.1. The van der Waals surface area contributed by atoms with Crippen molar-refractivity contribution >= 4 is 97.2 Å². The first kappa shape index (κ1) is 52.7. The zero-order chi connectivity index (χ0) is 50.5. The van der Waals surface area contributed by atoms with Crippen molar-refractivity contribution in [2.45, 2.75) is 127 Å². The zero-order valence-corrected chi connectivity index (χ0v) is 43.9. The van der Waals surface area contributed by atoms with Gasteiger partial charge in [0, 0.05) is 47.4 Å². The fourth-order valence-corrected chi connectivity index (χ4v) is 14.1. The molecular weight excluding hydrogens is 1030 g/mol. The second-order valence-corrected chi connectivity index (χ2v) is 24.8. The molecule has 3 fully saturated rings. The maximum Gasteiger partial charge on any atom is 0.276 e. The summed E-state index contributed by atoms with van der Waals surface area (Å²) in [5.74, 6) is 0.659. The Morgan fingerprint density at radius 2 is 0.871 bits per heavy atom. The van der Waals surface area contributed by atoms with Crippen LogP contribution in [0.15, 0.2) is 64.9 Å². The largest absolute Gasteiger partial charge is 0.442 e. The van der Waals surface area contributed by atoms with Crippen molar-refractivity contribution in [1.82, 2.24) is 28.7 Å². The Hall–Kier alpha value is -5.13. The summed E-state index contributed by atoms with van der Waals surface area (Å²) in [6.45, 7) is 10.6. The number of aromatic nitrogens is 3. The van der Waals surface area contributed by atoms with E-state index in [1.165, 1.54) is 77.3 Å². The third-order valence-electron chi connectivity index (χ3n) is 10.7. The lowest BCUT2D eigenvalue weighted by atomic mass is 10.2. The second kappa shape index (κ2) is 22.1. The number of furan rings is 3. The van der Waals surface area contributed by atoms with Gasteiger partial charge in [-0.1, -0.05) is 53.3 Å². The van der Waals surface area contributed by atoms with Crippen LogP contribution in [0.1, 0.15) is 97.1 Å². The smallest absolute Gasteiger partial charge is 0.276 e. The average Bonchev–Trinajstić information content (AvgIpc) is 4.06. The van der Waals surface area contributed by atoms with Crippen molar-refractivity contribution in [2.75, 3.05) is 29.0 Å². The van der Waals surface area contributed by atoms with Crippen molar-refractivity contribution < 1.29 is 54.3 Å². The van der Waals surface area contributed by atoms with Gasteiger partial charge in [-0.05, 0) is 95.7 Å². The number of amides is 3. The van der Waals surface area contributed by atoms with E-state index in [0.29, 0.717) is 77.5 Å². The van der Waals surface area contributed by atoms with Gasteiger partial charge in [0.05, 0.1) is 31.7 Å². The van der Waals surface area contributed by atoms with E-state index >= 15 is 0 Å². The van der Waals surface area contributed by atoms with Gasteiger partial charge in [0.15, 0.2) is 15.4 Å². The number of hydrogen-bond acceptors (Lipinski definition) is 18. The molecule has 0 spiro atoms. The molecule has 5 N–H and O–H groups in total. The summed E-state index contributed by atoms with van der Waals surface area (Å²) in [4.78, 5) is 48.1. The van der Waals surface area contributed by atoms with E-state index in [1.54, 1.807) is 39.0 Å². The van der Waals surface area contributed by atoms with Crippen molar-refractivity contribution in [3.63, 3.8) is 0 Å². The first-order valence-electron chi connectivity index (χ1n) is 22.2. The number of aryl methyl sites for hydroxylation is 3. The van der Waals surface area contributed by atoms with Crippen LogP contribution in [0.4, 0.5) is 15.4 Å². The number of anilines is 3. The molecule has 2 aliphatic carbocycles. The van der Waals surface area contributed by atoms with Crippen molar-refractivity contribution in [3.05, 3.63) is 53.5 Å². The van der Waals surface area contributed by atoms with Crippen LogP contribution < -0.4 is 25.4 Å². The fraction of sp³-hybridized carbons (Fsp3) is 0.442. The molecular formula is C43H55N9O12S6. The molecule has 21 nitrogen and oxygen atoms in total. The Morgan fingerprint density at radius 3 is 1.23 bits per heavy atom. The Labute approximate surface area is 418 Å². The zero-order valence-electron chi connectivity index (χ0n) is 39.0. The minimum Gasteiger partial charge on any atom is -0.442 e. The molecule has 6 aromatic rings. The number of thiazole rings is 3. The lowest BCUT2D eigenvalue weighted by Crippen LogP contribution is -2.35. The highest BCUT2D eigenvalue weighted by molar-refractivity contribution is 7.89. The molecule has 380 valence electrons. The van der Waals surface area contributed by atoms with Gasteiger partial charge in [-0.15, -0.1) is 0 Å². The molecule has 2 saturated carbocycles. The summed E-state index contributed by atoms with van der Waals surface area (Å²) < 4.78 is 97.6. The monoisotopic (exact) mass is 1080 g/mol. The number of rotatable bonds is 14. The standard InChI is InChI=1S/2C15H19N3O4S2.C13H15N3O4S2.H2/c1-10-14(23-15(16-10)17-11(2)19)12-6-7-13(22-12)24(20,21)18-8-4-3-5-9-18;1-9-14(23-15(16-9)17-10(2)19)12-7-8-13(22-12)24(20,21)18-11-5-3-4-6-11;1-7-12(21-13(14-7)15-8(2)17)10-5-6-11(20-10)22(18,19)16-9-3-4-9;/h6-7H,3-5,8-9H2,1-2H3,(H,16,17,19);7-8,11,18H,3-6H2,1-2H3,(H,16,17,19);5-6,9,16H,3-4H2,1-2H3,(H,14,15,17);1H. The number of carbonyl (C=O) groups excluding carboxylic acids is 3. The van der Waals surface area contributed by atoms with Gasteiger partial charge in [-0.25, -0.2) is 49.6 Å². The van der Waals surface area contributed by atoms with Gasteiger partial charge in [0.1, 0.15) is 17.3 Å². The van der Waals surface area contributed by atoms with E-state index in [9.17, 15) is 39.6 Å². The van der Waals surface area contributed by atoms with Crippen LogP contribution in [0.2, 0.25) is 0 Å². The number of nitrogens with one attached hydrogen (secondary N) is 5. The molecule has 27 heteroatoms. The number of sulfonamides is 3. The molecule has 7 heterocycles. The van der Waals surface area contributed by atoms with Gasteiger partial charge in [0.25, 0.3) is 30.1 Å². The van der Waals surface area contributed by atoms with Crippen LogP contribution in [-0.2, 0) is 44.5 Å². The molecule has 3 amide bonds. The summed E-state index contributed by atoms with van der Waals surface area (Å²) in [6, 6.07) is 9.21. The summed E-state index contributed by atoms with van der Waals surface area (Å²) in [7, 11) is -10.9. The molecule has 0 aromatic carbocycles. The van der Waals surface area contributed by atoms with E-state index in [-0.39, 0.29) is 46.5 Å². The number of carbonyl (C=O) groups is 3.